The third-order valence-electron chi connectivity index (χ3n) is 3.26. The monoisotopic (exact) mass is 263 g/mol. The molecule has 0 saturated carbocycles. The van der Waals surface area contributed by atoms with Crippen molar-refractivity contribution in [3.8, 4) is 5.75 Å². The Hall–Kier alpha value is -1.59. The van der Waals surface area contributed by atoms with E-state index in [2.05, 4.69) is 10.2 Å². The summed E-state index contributed by atoms with van der Waals surface area (Å²) in [7, 11) is 1.61. The summed E-state index contributed by atoms with van der Waals surface area (Å²) in [5, 5.41) is 2.88. The predicted molar refractivity (Wildman–Crippen MR) is 75.3 cm³/mol. The van der Waals surface area contributed by atoms with Crippen LogP contribution >= 0.6 is 0 Å². The summed E-state index contributed by atoms with van der Waals surface area (Å²) in [4.78, 5) is 14.1. The second-order valence-corrected chi connectivity index (χ2v) is 4.92. The fourth-order valence-corrected chi connectivity index (χ4v) is 2.34. The lowest BCUT2D eigenvalue weighted by atomic mass is 10.1. The minimum Gasteiger partial charge on any atom is -0.497 e. The molecule has 1 heterocycles. The summed E-state index contributed by atoms with van der Waals surface area (Å²) in [6, 6.07) is 7.55. The Morgan fingerprint density at radius 3 is 3.16 bits per heavy atom. The van der Waals surface area contributed by atoms with Gasteiger partial charge in [0.15, 0.2) is 0 Å². The van der Waals surface area contributed by atoms with E-state index < -0.39 is 0 Å². The minimum atomic E-state index is -0.0117. The summed E-state index contributed by atoms with van der Waals surface area (Å²) in [5.41, 5.74) is 6.66. The largest absolute Gasteiger partial charge is 0.497 e. The number of benzene rings is 1. The number of nitrogens with zero attached hydrogens (tertiary/aromatic N) is 1. The number of nitrogens with two attached hydrogens (primary N) is 1. The van der Waals surface area contributed by atoms with Crippen LogP contribution in [0.5, 0.6) is 5.75 Å². The summed E-state index contributed by atoms with van der Waals surface area (Å²) >= 11 is 0. The summed E-state index contributed by atoms with van der Waals surface area (Å²) in [5.74, 6) is 0.722. The predicted octanol–water partition coefficient (Wildman–Crippen LogP) is 1.06. The molecule has 5 heteroatoms. The van der Waals surface area contributed by atoms with Crippen LogP contribution in [-0.2, 0) is 4.79 Å². The molecule has 1 aliphatic rings. The van der Waals surface area contributed by atoms with Gasteiger partial charge in [0.2, 0.25) is 5.91 Å². The number of methoxy groups -OCH3 is 1. The number of amides is 1. The van der Waals surface area contributed by atoms with Crippen molar-refractivity contribution in [2.45, 2.75) is 18.9 Å². The van der Waals surface area contributed by atoms with Crippen molar-refractivity contribution in [3.63, 3.8) is 0 Å². The number of hydrogen-bond donors (Lipinski definition) is 2. The molecule has 0 unspecified atom stereocenters. The SMILES string of the molecule is COc1cccc(NC(=O)CN2CCC[C@@H](N)C2)c1. The van der Waals surface area contributed by atoms with Crippen molar-refractivity contribution in [2.24, 2.45) is 5.73 Å². The van der Waals surface area contributed by atoms with Gasteiger partial charge in [-0.25, -0.2) is 0 Å². The Morgan fingerprint density at radius 2 is 2.42 bits per heavy atom. The first-order valence-electron chi connectivity index (χ1n) is 6.59. The number of piperidine rings is 1. The van der Waals surface area contributed by atoms with Gasteiger partial charge >= 0.3 is 0 Å². The fraction of sp³-hybridized carbons (Fsp3) is 0.500. The summed E-state index contributed by atoms with van der Waals surface area (Å²) in [6.45, 7) is 2.13. The van der Waals surface area contributed by atoms with Crippen LogP contribution in [0.4, 0.5) is 5.69 Å². The second-order valence-electron chi connectivity index (χ2n) is 4.92. The molecule has 19 heavy (non-hydrogen) atoms. The summed E-state index contributed by atoms with van der Waals surface area (Å²) < 4.78 is 5.12. The van der Waals surface area contributed by atoms with Crippen molar-refractivity contribution >= 4 is 11.6 Å². The zero-order valence-corrected chi connectivity index (χ0v) is 11.3. The zero-order chi connectivity index (χ0) is 13.7. The van der Waals surface area contributed by atoms with E-state index >= 15 is 0 Å². The van der Waals surface area contributed by atoms with Gasteiger partial charge in [-0.1, -0.05) is 6.07 Å². The third kappa shape index (κ3) is 4.22. The smallest absolute Gasteiger partial charge is 0.238 e. The highest BCUT2D eigenvalue weighted by molar-refractivity contribution is 5.92. The Labute approximate surface area is 113 Å². The minimum absolute atomic E-state index is 0.0117. The average molecular weight is 263 g/mol. The van der Waals surface area contributed by atoms with Gasteiger partial charge in [0.05, 0.1) is 13.7 Å². The molecule has 1 fully saturated rings. The van der Waals surface area contributed by atoms with Gasteiger partial charge in [0.1, 0.15) is 5.75 Å². The number of likely N-dealkylation sites (tertiary alicyclic amines) is 1. The fourth-order valence-electron chi connectivity index (χ4n) is 2.34. The number of ether oxygens (including phenoxy) is 1. The van der Waals surface area contributed by atoms with E-state index in [4.69, 9.17) is 10.5 Å². The van der Waals surface area contributed by atoms with E-state index in [0.717, 1.165) is 37.4 Å². The second kappa shape index (κ2) is 6.54. The Kier molecular flexibility index (Phi) is 4.76. The number of carbonyl (C=O) groups excluding carboxylic acids is 1. The molecule has 1 amide bonds. The lowest BCUT2D eigenvalue weighted by Crippen LogP contribution is -2.45. The molecule has 1 saturated heterocycles. The lowest BCUT2D eigenvalue weighted by Gasteiger charge is -2.29. The van der Waals surface area contributed by atoms with Crippen LogP contribution in [-0.4, -0.2) is 43.6 Å². The van der Waals surface area contributed by atoms with Crippen molar-refractivity contribution < 1.29 is 9.53 Å². The standard InChI is InChI=1S/C14H21N3O2/c1-19-13-6-2-5-12(8-13)16-14(18)10-17-7-3-4-11(15)9-17/h2,5-6,8,11H,3-4,7,9-10,15H2,1H3,(H,16,18)/t11-/m1/s1. The molecule has 1 atom stereocenters. The van der Waals surface area contributed by atoms with E-state index in [1.807, 2.05) is 18.2 Å². The Balaban J connectivity index is 1.86. The highest BCUT2D eigenvalue weighted by atomic mass is 16.5. The zero-order valence-electron chi connectivity index (χ0n) is 11.3. The van der Waals surface area contributed by atoms with Gasteiger partial charge in [-0.05, 0) is 31.5 Å². The molecule has 104 valence electrons. The number of anilines is 1. The lowest BCUT2D eigenvalue weighted by molar-refractivity contribution is -0.117. The topological polar surface area (TPSA) is 67.6 Å². The maximum atomic E-state index is 12.0. The summed E-state index contributed by atoms with van der Waals surface area (Å²) in [6.07, 6.45) is 2.11. The van der Waals surface area contributed by atoms with E-state index in [-0.39, 0.29) is 11.9 Å². The maximum absolute atomic E-state index is 12.0. The number of hydrogen-bond acceptors (Lipinski definition) is 4. The van der Waals surface area contributed by atoms with Crippen LogP contribution in [0.2, 0.25) is 0 Å². The van der Waals surface area contributed by atoms with Gasteiger partial charge in [-0.2, -0.15) is 0 Å². The first-order chi connectivity index (χ1) is 9.17. The molecule has 2 rings (SSSR count). The van der Waals surface area contributed by atoms with Gasteiger partial charge in [-0.15, -0.1) is 0 Å². The van der Waals surface area contributed by atoms with Crippen LogP contribution in [0, 0.1) is 0 Å². The van der Waals surface area contributed by atoms with Crippen molar-refractivity contribution in [3.05, 3.63) is 24.3 Å². The number of nitrogens with one attached hydrogen (secondary N) is 1. The van der Waals surface area contributed by atoms with Crippen molar-refractivity contribution in [2.75, 3.05) is 32.1 Å². The molecule has 1 aromatic carbocycles. The van der Waals surface area contributed by atoms with E-state index in [1.165, 1.54) is 0 Å². The Morgan fingerprint density at radius 1 is 1.58 bits per heavy atom. The molecule has 0 radical (unpaired) electrons. The molecule has 0 aliphatic carbocycles. The molecule has 3 N–H and O–H groups in total. The number of carbonyl (C=O) groups is 1. The molecule has 0 bridgehead atoms. The molecule has 5 nitrogen and oxygen atoms in total. The van der Waals surface area contributed by atoms with E-state index in [0.29, 0.717) is 6.54 Å². The van der Waals surface area contributed by atoms with Crippen LogP contribution < -0.4 is 15.8 Å². The average Bonchev–Trinajstić information content (AvgIpc) is 2.38. The van der Waals surface area contributed by atoms with Crippen LogP contribution in [0.15, 0.2) is 24.3 Å². The van der Waals surface area contributed by atoms with Crippen molar-refractivity contribution in [1.29, 1.82) is 0 Å². The Bertz CT molecular complexity index is 436. The van der Waals surface area contributed by atoms with Crippen LogP contribution in [0.3, 0.4) is 0 Å². The molecular formula is C14H21N3O2. The molecule has 1 aliphatic heterocycles. The molecular weight excluding hydrogens is 242 g/mol. The highest BCUT2D eigenvalue weighted by Crippen LogP contribution is 2.16. The first-order valence-corrected chi connectivity index (χ1v) is 6.59. The van der Waals surface area contributed by atoms with E-state index in [9.17, 15) is 4.79 Å². The molecule has 1 aromatic rings. The van der Waals surface area contributed by atoms with Gasteiger partial charge in [0.25, 0.3) is 0 Å². The van der Waals surface area contributed by atoms with Crippen LogP contribution in [0.25, 0.3) is 0 Å². The van der Waals surface area contributed by atoms with E-state index in [1.54, 1.807) is 13.2 Å². The number of rotatable bonds is 4. The normalized spacial score (nSPS) is 20.0. The molecule has 0 aromatic heterocycles. The highest BCUT2D eigenvalue weighted by Gasteiger charge is 2.18. The third-order valence-corrected chi connectivity index (χ3v) is 3.26. The van der Waals surface area contributed by atoms with Gasteiger partial charge in [0, 0.05) is 24.3 Å². The quantitative estimate of drug-likeness (QED) is 0.852. The molecule has 0 spiro atoms. The maximum Gasteiger partial charge on any atom is 0.238 e. The first kappa shape index (κ1) is 13.8. The van der Waals surface area contributed by atoms with Crippen LogP contribution in [0.1, 0.15) is 12.8 Å². The van der Waals surface area contributed by atoms with Gasteiger partial charge in [-0.3, -0.25) is 9.69 Å². The van der Waals surface area contributed by atoms with Crippen molar-refractivity contribution in [1.82, 2.24) is 4.90 Å². The van der Waals surface area contributed by atoms with Gasteiger partial charge < -0.3 is 15.8 Å².